The largest absolute Gasteiger partial charge is 0.354 e. The standard InChI is InChI=1S/C23H27N5/c1-18-7-6-10-21(19(18)2)25-23-24-12-11-22(26-23)28-15-13-27(14-16-28)17-20-8-4-3-5-9-20/h3-12H,13-17H2,1-2H3,(H,24,25,26). The summed E-state index contributed by atoms with van der Waals surface area (Å²) in [5, 5.41) is 3.37. The van der Waals surface area contributed by atoms with Gasteiger partial charge in [0.2, 0.25) is 5.95 Å². The summed E-state index contributed by atoms with van der Waals surface area (Å²) in [4.78, 5) is 14.0. The number of aryl methyl sites for hydroxylation is 1. The molecule has 4 rings (SSSR count). The second kappa shape index (κ2) is 8.40. The molecule has 0 atom stereocenters. The molecule has 144 valence electrons. The first kappa shape index (κ1) is 18.4. The molecular formula is C23H27N5. The normalized spacial score (nSPS) is 14.9. The lowest BCUT2D eigenvalue weighted by Crippen LogP contribution is -2.46. The molecular weight excluding hydrogens is 346 g/mol. The number of nitrogens with zero attached hydrogens (tertiary/aromatic N) is 4. The van der Waals surface area contributed by atoms with Gasteiger partial charge in [-0.2, -0.15) is 4.98 Å². The highest BCUT2D eigenvalue weighted by Gasteiger charge is 2.18. The summed E-state index contributed by atoms with van der Waals surface area (Å²) in [5.41, 5.74) is 4.92. The van der Waals surface area contributed by atoms with Crippen molar-refractivity contribution in [3.8, 4) is 0 Å². The maximum absolute atomic E-state index is 4.76. The van der Waals surface area contributed by atoms with Crippen LogP contribution in [0.2, 0.25) is 0 Å². The zero-order chi connectivity index (χ0) is 19.3. The number of benzene rings is 2. The van der Waals surface area contributed by atoms with Crippen molar-refractivity contribution < 1.29 is 0 Å². The Morgan fingerprint density at radius 1 is 0.893 bits per heavy atom. The van der Waals surface area contributed by atoms with Gasteiger partial charge in [-0.1, -0.05) is 42.5 Å². The molecule has 2 heterocycles. The minimum atomic E-state index is 0.651. The predicted molar refractivity (Wildman–Crippen MR) is 115 cm³/mol. The van der Waals surface area contributed by atoms with Crippen LogP contribution in [-0.4, -0.2) is 41.0 Å². The summed E-state index contributed by atoms with van der Waals surface area (Å²) < 4.78 is 0. The quantitative estimate of drug-likeness (QED) is 0.727. The molecule has 1 fully saturated rings. The summed E-state index contributed by atoms with van der Waals surface area (Å²) in [7, 11) is 0. The molecule has 0 amide bonds. The topological polar surface area (TPSA) is 44.3 Å². The highest BCUT2D eigenvalue weighted by molar-refractivity contribution is 5.61. The molecule has 1 aliphatic heterocycles. The number of nitrogens with one attached hydrogen (secondary N) is 1. The molecule has 3 aromatic rings. The van der Waals surface area contributed by atoms with E-state index in [1.54, 1.807) is 0 Å². The molecule has 1 aliphatic rings. The Hall–Kier alpha value is -2.92. The average molecular weight is 374 g/mol. The lowest BCUT2D eigenvalue weighted by Gasteiger charge is -2.35. The molecule has 28 heavy (non-hydrogen) atoms. The van der Waals surface area contributed by atoms with E-state index in [1.165, 1.54) is 16.7 Å². The molecule has 0 bridgehead atoms. The summed E-state index contributed by atoms with van der Waals surface area (Å²) in [6.45, 7) is 9.29. The fourth-order valence-corrected chi connectivity index (χ4v) is 3.57. The van der Waals surface area contributed by atoms with E-state index in [-0.39, 0.29) is 0 Å². The zero-order valence-corrected chi connectivity index (χ0v) is 16.6. The molecule has 2 aromatic carbocycles. The molecule has 0 aliphatic carbocycles. The van der Waals surface area contributed by atoms with E-state index in [2.05, 4.69) is 82.5 Å². The molecule has 0 spiro atoms. The van der Waals surface area contributed by atoms with Gasteiger partial charge in [-0.15, -0.1) is 0 Å². The van der Waals surface area contributed by atoms with Gasteiger partial charge in [0, 0.05) is 44.6 Å². The van der Waals surface area contributed by atoms with Crippen molar-refractivity contribution >= 4 is 17.5 Å². The molecule has 5 nitrogen and oxygen atoms in total. The fraction of sp³-hybridized carbons (Fsp3) is 0.304. The Balaban J connectivity index is 1.39. The maximum Gasteiger partial charge on any atom is 0.229 e. The van der Waals surface area contributed by atoms with Crippen LogP contribution >= 0.6 is 0 Å². The van der Waals surface area contributed by atoms with Gasteiger partial charge in [0.05, 0.1) is 0 Å². The lowest BCUT2D eigenvalue weighted by atomic mass is 10.1. The van der Waals surface area contributed by atoms with Crippen molar-refractivity contribution in [1.29, 1.82) is 0 Å². The second-order valence-corrected chi connectivity index (χ2v) is 7.36. The van der Waals surface area contributed by atoms with Gasteiger partial charge in [-0.3, -0.25) is 4.90 Å². The van der Waals surface area contributed by atoms with Crippen LogP contribution in [0.3, 0.4) is 0 Å². The molecule has 5 heteroatoms. The Kier molecular flexibility index (Phi) is 5.53. The zero-order valence-electron chi connectivity index (χ0n) is 16.6. The van der Waals surface area contributed by atoms with Gasteiger partial charge >= 0.3 is 0 Å². The van der Waals surface area contributed by atoms with Crippen molar-refractivity contribution in [2.24, 2.45) is 0 Å². The lowest BCUT2D eigenvalue weighted by molar-refractivity contribution is 0.249. The first-order valence-corrected chi connectivity index (χ1v) is 9.86. The van der Waals surface area contributed by atoms with Crippen LogP contribution in [0.25, 0.3) is 0 Å². The van der Waals surface area contributed by atoms with Gasteiger partial charge in [0.25, 0.3) is 0 Å². The van der Waals surface area contributed by atoms with E-state index in [4.69, 9.17) is 4.98 Å². The van der Waals surface area contributed by atoms with Crippen LogP contribution in [-0.2, 0) is 6.54 Å². The summed E-state index contributed by atoms with van der Waals surface area (Å²) in [5.74, 6) is 1.64. The van der Waals surface area contributed by atoms with E-state index in [0.717, 1.165) is 44.2 Å². The van der Waals surface area contributed by atoms with Gasteiger partial charge in [-0.25, -0.2) is 4.98 Å². The number of hydrogen-bond donors (Lipinski definition) is 1. The highest BCUT2D eigenvalue weighted by Crippen LogP contribution is 2.22. The SMILES string of the molecule is Cc1cccc(Nc2nccc(N3CCN(Cc4ccccc4)CC3)n2)c1C. The van der Waals surface area contributed by atoms with E-state index in [9.17, 15) is 0 Å². The molecule has 0 radical (unpaired) electrons. The first-order valence-electron chi connectivity index (χ1n) is 9.86. The average Bonchev–Trinajstić information content (AvgIpc) is 2.73. The molecule has 0 saturated carbocycles. The first-order chi connectivity index (χ1) is 13.7. The van der Waals surface area contributed by atoms with E-state index < -0.39 is 0 Å². The fourth-order valence-electron chi connectivity index (χ4n) is 3.57. The van der Waals surface area contributed by atoms with Gasteiger partial charge < -0.3 is 10.2 Å². The van der Waals surface area contributed by atoms with Crippen LogP contribution in [0.4, 0.5) is 17.5 Å². The summed E-state index contributed by atoms with van der Waals surface area (Å²) in [6, 6.07) is 18.9. The van der Waals surface area contributed by atoms with Crippen molar-refractivity contribution in [3.63, 3.8) is 0 Å². The Morgan fingerprint density at radius 2 is 1.68 bits per heavy atom. The highest BCUT2D eigenvalue weighted by atomic mass is 15.3. The number of piperazine rings is 1. The third kappa shape index (κ3) is 4.31. The van der Waals surface area contributed by atoms with Crippen molar-refractivity contribution in [2.45, 2.75) is 20.4 Å². The molecule has 0 unspecified atom stereocenters. The summed E-state index contributed by atoms with van der Waals surface area (Å²) >= 11 is 0. The van der Waals surface area contributed by atoms with Crippen LogP contribution < -0.4 is 10.2 Å². The predicted octanol–water partition coefficient (Wildman–Crippen LogP) is 4.16. The number of rotatable bonds is 5. The Labute approximate surface area is 167 Å². The van der Waals surface area contributed by atoms with E-state index >= 15 is 0 Å². The monoisotopic (exact) mass is 373 g/mol. The van der Waals surface area contributed by atoms with Crippen molar-refractivity contribution in [3.05, 3.63) is 77.5 Å². The van der Waals surface area contributed by atoms with Crippen LogP contribution in [0.15, 0.2) is 60.8 Å². The third-order valence-corrected chi connectivity index (χ3v) is 5.44. The van der Waals surface area contributed by atoms with Crippen LogP contribution in [0, 0.1) is 13.8 Å². The molecule has 1 aromatic heterocycles. The minimum absolute atomic E-state index is 0.651. The van der Waals surface area contributed by atoms with Crippen LogP contribution in [0.5, 0.6) is 0 Å². The van der Waals surface area contributed by atoms with E-state index in [1.807, 2.05) is 12.3 Å². The molecule has 1 saturated heterocycles. The third-order valence-electron chi connectivity index (χ3n) is 5.44. The number of hydrogen-bond acceptors (Lipinski definition) is 5. The van der Waals surface area contributed by atoms with E-state index in [0.29, 0.717) is 5.95 Å². The van der Waals surface area contributed by atoms with Crippen molar-refractivity contribution in [2.75, 3.05) is 36.4 Å². The van der Waals surface area contributed by atoms with Gasteiger partial charge in [0.15, 0.2) is 0 Å². The van der Waals surface area contributed by atoms with Gasteiger partial charge in [0.1, 0.15) is 5.82 Å². The number of anilines is 3. The van der Waals surface area contributed by atoms with Crippen LogP contribution in [0.1, 0.15) is 16.7 Å². The second-order valence-electron chi connectivity index (χ2n) is 7.36. The Morgan fingerprint density at radius 3 is 2.46 bits per heavy atom. The Bertz CT molecular complexity index is 917. The molecule has 1 N–H and O–H groups in total. The maximum atomic E-state index is 4.76. The minimum Gasteiger partial charge on any atom is -0.354 e. The smallest absolute Gasteiger partial charge is 0.229 e. The summed E-state index contributed by atoms with van der Waals surface area (Å²) in [6.07, 6.45) is 1.84. The number of aromatic nitrogens is 2. The van der Waals surface area contributed by atoms with Crippen molar-refractivity contribution in [1.82, 2.24) is 14.9 Å². The van der Waals surface area contributed by atoms with Gasteiger partial charge in [-0.05, 0) is 42.7 Å².